The SMILES string of the molecule is O=C1CCCN2C(CC1)CC13CN4CCCC/C=C\CCC(O)(C=C(c5nccc6c5[nH]c5c(O)cccc56)C1CC4)C23. The number of phenols is 1. The fourth-order valence-electron chi connectivity index (χ4n) is 9.92. The lowest BCUT2D eigenvalue weighted by Gasteiger charge is -2.58. The van der Waals surface area contributed by atoms with Gasteiger partial charge in [0.2, 0.25) is 0 Å². The molecule has 4 aliphatic heterocycles. The van der Waals surface area contributed by atoms with E-state index in [-0.39, 0.29) is 23.1 Å². The molecule has 5 aliphatic rings. The van der Waals surface area contributed by atoms with Crippen LogP contribution < -0.4 is 0 Å². The summed E-state index contributed by atoms with van der Waals surface area (Å²) >= 11 is 0. The van der Waals surface area contributed by atoms with Crippen LogP contribution in [0, 0.1) is 11.3 Å². The van der Waals surface area contributed by atoms with E-state index in [0.717, 1.165) is 92.2 Å². The molecule has 226 valence electrons. The molecule has 3 N–H and O–H groups in total. The third kappa shape index (κ3) is 4.41. The number of allylic oxidation sites excluding steroid dienone is 3. The Morgan fingerprint density at radius 3 is 2.77 bits per heavy atom. The summed E-state index contributed by atoms with van der Waals surface area (Å²) in [7, 11) is 0. The first-order valence-electron chi connectivity index (χ1n) is 16.7. The number of Topliss-reactive ketones (excluding diaryl/α,β-unsaturated/α-hetero) is 1. The molecule has 0 radical (unpaired) electrons. The van der Waals surface area contributed by atoms with Gasteiger partial charge in [-0.2, -0.15) is 0 Å². The molecule has 0 saturated carbocycles. The molecule has 7 nitrogen and oxygen atoms in total. The number of hydrogen-bond donors (Lipinski definition) is 3. The van der Waals surface area contributed by atoms with Crippen molar-refractivity contribution in [3.8, 4) is 5.75 Å². The summed E-state index contributed by atoms with van der Waals surface area (Å²) in [6.45, 7) is 4.02. The third-order valence-corrected chi connectivity index (χ3v) is 11.6. The molecule has 0 amide bonds. The van der Waals surface area contributed by atoms with Crippen molar-refractivity contribution < 1.29 is 15.0 Å². The Kier molecular flexibility index (Phi) is 6.77. The number of nitrogens with one attached hydrogen (secondary N) is 1. The van der Waals surface area contributed by atoms with Crippen LogP contribution in [0.3, 0.4) is 0 Å². The van der Waals surface area contributed by atoms with Gasteiger partial charge in [-0.15, -0.1) is 0 Å². The number of carbonyl (C=O) groups is 1. The van der Waals surface area contributed by atoms with Gasteiger partial charge in [-0.1, -0.05) is 24.3 Å². The minimum Gasteiger partial charge on any atom is -0.506 e. The Hall–Kier alpha value is -3.00. The van der Waals surface area contributed by atoms with E-state index in [1.165, 1.54) is 18.4 Å². The van der Waals surface area contributed by atoms with Gasteiger partial charge >= 0.3 is 0 Å². The highest BCUT2D eigenvalue weighted by Crippen LogP contribution is 2.62. The van der Waals surface area contributed by atoms with Crippen LogP contribution >= 0.6 is 0 Å². The van der Waals surface area contributed by atoms with Gasteiger partial charge < -0.3 is 20.1 Å². The van der Waals surface area contributed by atoms with Crippen LogP contribution in [0.1, 0.15) is 76.3 Å². The first-order chi connectivity index (χ1) is 21.0. The number of ketones is 1. The van der Waals surface area contributed by atoms with Gasteiger partial charge in [0.25, 0.3) is 0 Å². The zero-order valence-electron chi connectivity index (χ0n) is 25.1. The predicted molar refractivity (Wildman–Crippen MR) is 170 cm³/mol. The van der Waals surface area contributed by atoms with Crippen LogP contribution in [0.2, 0.25) is 0 Å². The number of aromatic nitrogens is 2. The van der Waals surface area contributed by atoms with Crippen molar-refractivity contribution >= 4 is 33.2 Å². The maximum Gasteiger partial charge on any atom is 0.139 e. The Morgan fingerprint density at radius 1 is 0.953 bits per heavy atom. The molecule has 1 aromatic carbocycles. The molecule has 3 saturated heterocycles. The number of nitrogens with zero attached hydrogens (tertiary/aromatic N) is 3. The number of H-pyrrole nitrogens is 1. The molecule has 3 fully saturated rings. The fraction of sp³-hybridized carbons (Fsp3) is 0.556. The summed E-state index contributed by atoms with van der Waals surface area (Å²) in [5, 5.41) is 25.8. The number of pyridine rings is 1. The normalized spacial score (nSPS) is 36.1. The van der Waals surface area contributed by atoms with Crippen molar-refractivity contribution in [2.75, 3.05) is 26.2 Å². The van der Waals surface area contributed by atoms with Gasteiger partial charge in [0.15, 0.2) is 0 Å². The lowest BCUT2D eigenvalue weighted by molar-refractivity contribution is -0.120. The zero-order valence-corrected chi connectivity index (χ0v) is 25.1. The monoisotopic (exact) mass is 580 g/mol. The first-order valence-corrected chi connectivity index (χ1v) is 16.7. The predicted octanol–water partition coefficient (Wildman–Crippen LogP) is 5.96. The van der Waals surface area contributed by atoms with Crippen LogP contribution in [0.15, 0.2) is 48.7 Å². The number of para-hydroxylation sites is 1. The van der Waals surface area contributed by atoms with Crippen LogP contribution in [-0.4, -0.2) is 79.6 Å². The van der Waals surface area contributed by atoms with E-state index in [1.807, 2.05) is 18.3 Å². The number of fused-ring (bicyclic) bond motifs is 5. The topological polar surface area (TPSA) is 92.7 Å². The van der Waals surface area contributed by atoms with E-state index in [9.17, 15) is 15.0 Å². The van der Waals surface area contributed by atoms with E-state index in [4.69, 9.17) is 4.98 Å². The number of hydrogen-bond acceptors (Lipinski definition) is 6. The Balaban J connectivity index is 1.34. The van der Waals surface area contributed by atoms with Crippen molar-refractivity contribution in [2.45, 2.75) is 88.3 Å². The van der Waals surface area contributed by atoms with E-state index >= 15 is 0 Å². The maximum atomic E-state index is 13.1. The van der Waals surface area contributed by atoms with Crippen LogP contribution in [0.5, 0.6) is 5.75 Å². The number of aromatic hydroxyl groups is 1. The van der Waals surface area contributed by atoms with Crippen molar-refractivity contribution in [2.24, 2.45) is 11.3 Å². The van der Waals surface area contributed by atoms with Crippen LogP contribution in [-0.2, 0) is 4.79 Å². The number of carbonyl (C=O) groups excluding carboxylic acids is 1. The number of benzene rings is 1. The summed E-state index contributed by atoms with van der Waals surface area (Å²) in [5.41, 5.74) is 2.63. The molecule has 7 heteroatoms. The molecule has 1 spiro atoms. The van der Waals surface area contributed by atoms with E-state index in [1.54, 1.807) is 6.07 Å². The Morgan fingerprint density at radius 2 is 1.84 bits per heavy atom. The number of aliphatic hydroxyl groups is 1. The summed E-state index contributed by atoms with van der Waals surface area (Å²) < 4.78 is 0. The molecular weight excluding hydrogens is 536 g/mol. The van der Waals surface area contributed by atoms with Crippen LogP contribution in [0.4, 0.5) is 0 Å². The van der Waals surface area contributed by atoms with Gasteiger partial charge in [-0.25, -0.2) is 0 Å². The minimum atomic E-state index is -1.01. The second-order valence-electron chi connectivity index (χ2n) is 14.0. The summed E-state index contributed by atoms with van der Waals surface area (Å²) in [6, 6.07) is 8.04. The molecule has 3 aromatic rings. The molecule has 1 aliphatic carbocycles. The lowest BCUT2D eigenvalue weighted by atomic mass is 9.54. The summed E-state index contributed by atoms with van der Waals surface area (Å²) in [4.78, 5) is 26.5. The van der Waals surface area contributed by atoms with Gasteiger partial charge in [-0.05, 0) is 107 Å². The maximum absolute atomic E-state index is 13.1. The van der Waals surface area contributed by atoms with Gasteiger partial charge in [0, 0.05) is 53.9 Å². The highest BCUT2D eigenvalue weighted by atomic mass is 16.3. The third-order valence-electron chi connectivity index (χ3n) is 11.6. The molecule has 6 atom stereocenters. The standard InChI is InChI=1S/C36H44N4O3/c41-25-9-8-19-40-24(12-13-25)21-35-23-39-18-6-4-2-1-3-5-16-36(43,34(35)40)22-28(29(35)15-20-39)32-33-27(14-17-37-32)26-10-7-11-30(42)31(26)38-33/h1,3,7,10-11,14,17,22,24,29,34,38,42-43H,2,4-6,8-9,12-13,15-16,18-21,23H2/b3-1-. The lowest BCUT2D eigenvalue weighted by Crippen LogP contribution is -2.65. The number of phenolic OH excluding ortho intramolecular Hbond substituents is 1. The molecule has 8 rings (SSSR count). The fourth-order valence-corrected chi connectivity index (χ4v) is 9.92. The van der Waals surface area contributed by atoms with E-state index < -0.39 is 5.60 Å². The van der Waals surface area contributed by atoms with Crippen LogP contribution in [0.25, 0.3) is 27.4 Å². The quantitative estimate of drug-likeness (QED) is 0.308. The zero-order chi connectivity index (χ0) is 29.2. The molecule has 6 unspecified atom stereocenters. The summed E-state index contributed by atoms with van der Waals surface area (Å²) in [5.74, 6) is 0.898. The number of piperidine rings is 1. The Labute approximate surface area is 253 Å². The molecular formula is C36H44N4O3. The minimum absolute atomic E-state index is 0.0230. The largest absolute Gasteiger partial charge is 0.506 e. The van der Waals surface area contributed by atoms with Crippen molar-refractivity contribution in [1.82, 2.24) is 19.8 Å². The van der Waals surface area contributed by atoms with Crippen molar-refractivity contribution in [3.63, 3.8) is 0 Å². The average Bonchev–Trinajstić information content (AvgIpc) is 3.52. The molecule has 3 bridgehead atoms. The van der Waals surface area contributed by atoms with Gasteiger partial charge in [0.05, 0.1) is 22.3 Å². The molecule has 2 aromatic heterocycles. The van der Waals surface area contributed by atoms with Gasteiger partial charge in [-0.3, -0.25) is 14.7 Å². The van der Waals surface area contributed by atoms with E-state index in [2.05, 4.69) is 39.1 Å². The number of aromatic amines is 1. The van der Waals surface area contributed by atoms with Crippen molar-refractivity contribution in [1.29, 1.82) is 0 Å². The smallest absolute Gasteiger partial charge is 0.139 e. The summed E-state index contributed by atoms with van der Waals surface area (Å²) in [6.07, 6.45) is 18.9. The molecule has 6 heterocycles. The second kappa shape index (κ2) is 10.6. The highest BCUT2D eigenvalue weighted by Gasteiger charge is 2.66. The first kappa shape index (κ1) is 27.5. The number of rotatable bonds is 1. The van der Waals surface area contributed by atoms with Gasteiger partial charge in [0.1, 0.15) is 11.5 Å². The second-order valence-corrected chi connectivity index (χ2v) is 14.0. The van der Waals surface area contributed by atoms with E-state index in [0.29, 0.717) is 31.1 Å². The molecule has 43 heavy (non-hydrogen) atoms. The Bertz CT molecular complexity index is 1630. The average molecular weight is 581 g/mol. The highest BCUT2D eigenvalue weighted by molar-refractivity contribution is 6.11. The van der Waals surface area contributed by atoms with Crippen molar-refractivity contribution in [3.05, 3.63) is 54.4 Å².